The van der Waals surface area contributed by atoms with Crippen LogP contribution in [-0.4, -0.2) is 24.3 Å². The Hall–Kier alpha value is -5.38. The summed E-state index contributed by atoms with van der Waals surface area (Å²) in [5.41, 5.74) is 10.3. The highest BCUT2D eigenvalue weighted by Crippen LogP contribution is 2.34. The predicted octanol–water partition coefficient (Wildman–Crippen LogP) is 7.75. The van der Waals surface area contributed by atoms with E-state index in [4.69, 9.17) is 5.73 Å². The first-order chi connectivity index (χ1) is 21.1. The highest BCUT2D eigenvalue weighted by Gasteiger charge is 2.18. The molecule has 0 bridgehead atoms. The molecule has 8 nitrogen and oxygen atoms in total. The maximum Gasteiger partial charge on any atom is 0.200 e. The maximum atomic E-state index is 15.7. The van der Waals surface area contributed by atoms with E-state index in [-0.39, 0.29) is 40.5 Å². The number of hydrogen-bond acceptors (Lipinski definition) is 6. The average molecular weight is 592 g/mol. The van der Waals surface area contributed by atoms with Crippen LogP contribution in [0, 0.1) is 11.6 Å². The van der Waals surface area contributed by atoms with E-state index in [1.165, 1.54) is 18.2 Å². The van der Waals surface area contributed by atoms with Crippen molar-refractivity contribution < 1.29 is 8.78 Å². The van der Waals surface area contributed by atoms with Crippen LogP contribution in [0.15, 0.2) is 90.4 Å². The Bertz CT molecular complexity index is 2060. The van der Waals surface area contributed by atoms with Crippen molar-refractivity contribution in [3.05, 3.63) is 107 Å². The van der Waals surface area contributed by atoms with Crippen LogP contribution < -0.4 is 16.5 Å². The number of rotatable bonds is 7. The molecule has 0 saturated heterocycles. The summed E-state index contributed by atoms with van der Waals surface area (Å²) in [6, 6.07) is 14.2. The molecule has 6 rings (SSSR count). The molecule has 0 aliphatic carbocycles. The zero-order valence-electron chi connectivity index (χ0n) is 24.7. The monoisotopic (exact) mass is 591 g/mol. The lowest BCUT2D eigenvalue weighted by Crippen LogP contribution is -2.15. The normalized spacial score (nSPS) is 11.5. The molecule has 2 aromatic carbocycles. The number of nitrogen functional groups attached to an aromatic ring is 1. The van der Waals surface area contributed by atoms with Crippen molar-refractivity contribution in [1.82, 2.24) is 24.3 Å². The number of halogens is 2. The van der Waals surface area contributed by atoms with Gasteiger partial charge in [0.2, 0.25) is 5.43 Å². The molecule has 4 heterocycles. The lowest BCUT2D eigenvalue weighted by Gasteiger charge is -2.19. The van der Waals surface area contributed by atoms with Gasteiger partial charge in [0, 0.05) is 70.4 Å². The summed E-state index contributed by atoms with van der Waals surface area (Å²) in [4.78, 5) is 22.6. The molecule has 0 atom stereocenters. The summed E-state index contributed by atoms with van der Waals surface area (Å²) < 4.78 is 33.1. The fourth-order valence-corrected chi connectivity index (χ4v) is 5.22. The number of benzene rings is 2. The number of pyridine rings is 3. The molecular formula is C34H31F2N7O. The lowest BCUT2D eigenvalue weighted by molar-refractivity contribution is 0.532. The van der Waals surface area contributed by atoms with E-state index in [1.807, 2.05) is 43.1 Å². The Balaban J connectivity index is 1.40. The highest BCUT2D eigenvalue weighted by molar-refractivity contribution is 5.94. The minimum absolute atomic E-state index is 0.0128. The summed E-state index contributed by atoms with van der Waals surface area (Å²) in [6.45, 7) is 8.08. The van der Waals surface area contributed by atoms with Gasteiger partial charge >= 0.3 is 0 Å². The molecule has 3 N–H and O–H groups in total. The molecule has 0 amide bonds. The van der Waals surface area contributed by atoms with E-state index in [9.17, 15) is 9.18 Å². The van der Waals surface area contributed by atoms with Gasteiger partial charge in [-0.1, -0.05) is 12.1 Å². The first-order valence-electron chi connectivity index (χ1n) is 14.3. The number of anilines is 3. The van der Waals surface area contributed by atoms with Gasteiger partial charge in [-0.2, -0.15) is 5.10 Å². The number of hydrogen-bond donors (Lipinski definition) is 2. The van der Waals surface area contributed by atoms with Gasteiger partial charge in [-0.3, -0.25) is 9.48 Å². The van der Waals surface area contributed by atoms with E-state index >= 15 is 4.39 Å². The van der Waals surface area contributed by atoms with E-state index in [1.54, 1.807) is 61.2 Å². The van der Waals surface area contributed by atoms with E-state index in [0.29, 0.717) is 33.3 Å². The van der Waals surface area contributed by atoms with Crippen LogP contribution in [-0.2, 0) is 0 Å². The van der Waals surface area contributed by atoms with Crippen molar-refractivity contribution in [3.63, 3.8) is 0 Å². The van der Waals surface area contributed by atoms with E-state index in [0.717, 1.165) is 11.1 Å². The van der Waals surface area contributed by atoms with Crippen LogP contribution in [0.25, 0.3) is 44.3 Å². The molecule has 10 heteroatoms. The van der Waals surface area contributed by atoms with Gasteiger partial charge in [0.25, 0.3) is 0 Å². The maximum absolute atomic E-state index is 15.7. The third-order valence-electron chi connectivity index (χ3n) is 7.56. The number of nitrogens with one attached hydrogen (secondary N) is 1. The third kappa shape index (κ3) is 5.30. The first-order valence-corrected chi connectivity index (χ1v) is 14.3. The molecule has 0 aliphatic heterocycles. The van der Waals surface area contributed by atoms with Crippen LogP contribution in [0.2, 0.25) is 0 Å². The van der Waals surface area contributed by atoms with Crippen LogP contribution in [0.3, 0.4) is 0 Å². The smallest absolute Gasteiger partial charge is 0.200 e. The van der Waals surface area contributed by atoms with Crippen LogP contribution in [0.4, 0.5) is 26.1 Å². The average Bonchev–Trinajstić information content (AvgIpc) is 3.50. The standard InChI is InChI=1S/C34H31F2N7O/c1-19(2)42-18-28(21-5-7-24(35)8-6-21)32(44)31-30(42)11-12-38-34(31)41-25-9-10-26(29(36)14-25)27-13-22(15-39-33(27)37)23-16-40-43(17-23)20(3)4/h5-20H,1-4H3,(H2,37,39)(H,38,41). The second-order valence-electron chi connectivity index (χ2n) is 11.2. The van der Waals surface area contributed by atoms with Gasteiger partial charge < -0.3 is 15.6 Å². The largest absolute Gasteiger partial charge is 0.383 e. The summed E-state index contributed by atoms with van der Waals surface area (Å²) >= 11 is 0. The number of fused-ring (bicyclic) bond motifs is 1. The molecule has 0 radical (unpaired) electrons. The summed E-state index contributed by atoms with van der Waals surface area (Å²) in [5.74, 6) is -0.434. The molecular weight excluding hydrogens is 560 g/mol. The summed E-state index contributed by atoms with van der Waals surface area (Å²) in [6.07, 6.45) is 8.68. The van der Waals surface area contributed by atoms with Crippen molar-refractivity contribution in [3.8, 4) is 33.4 Å². The Morgan fingerprint density at radius 2 is 1.57 bits per heavy atom. The Kier molecular flexibility index (Phi) is 7.42. The summed E-state index contributed by atoms with van der Waals surface area (Å²) in [5, 5.41) is 7.87. The molecule has 44 heavy (non-hydrogen) atoms. The molecule has 0 unspecified atom stereocenters. The van der Waals surface area contributed by atoms with Gasteiger partial charge in [0.15, 0.2) is 0 Å². The van der Waals surface area contributed by atoms with Gasteiger partial charge in [-0.05, 0) is 75.7 Å². The van der Waals surface area contributed by atoms with Crippen molar-refractivity contribution in [2.45, 2.75) is 39.8 Å². The zero-order chi connectivity index (χ0) is 31.1. The quantitative estimate of drug-likeness (QED) is 0.197. The minimum Gasteiger partial charge on any atom is -0.383 e. The van der Waals surface area contributed by atoms with E-state index in [2.05, 4.69) is 20.4 Å². The topological polar surface area (TPSA) is 104 Å². The van der Waals surface area contributed by atoms with Crippen molar-refractivity contribution in [2.24, 2.45) is 0 Å². The zero-order valence-corrected chi connectivity index (χ0v) is 24.7. The molecule has 0 aliphatic rings. The second kappa shape index (κ2) is 11.4. The molecule has 0 fully saturated rings. The number of aromatic nitrogens is 5. The van der Waals surface area contributed by atoms with Crippen LogP contribution in [0.5, 0.6) is 0 Å². The lowest BCUT2D eigenvalue weighted by atomic mass is 10.0. The highest BCUT2D eigenvalue weighted by atomic mass is 19.1. The predicted molar refractivity (Wildman–Crippen MR) is 171 cm³/mol. The van der Waals surface area contributed by atoms with Crippen molar-refractivity contribution in [1.29, 1.82) is 0 Å². The number of nitrogens with zero attached hydrogens (tertiary/aromatic N) is 5. The van der Waals surface area contributed by atoms with E-state index < -0.39 is 5.82 Å². The minimum atomic E-state index is -0.523. The van der Waals surface area contributed by atoms with Crippen molar-refractivity contribution in [2.75, 3.05) is 11.1 Å². The first kappa shape index (κ1) is 28.7. The fraction of sp³-hybridized carbons (Fsp3) is 0.176. The third-order valence-corrected chi connectivity index (χ3v) is 7.56. The SMILES string of the molecule is CC(C)n1cc(-c2cnc(N)c(-c3ccc(Nc4nccc5c4c(=O)c(-c4ccc(F)cc4)cn5C(C)C)cc3F)c2)cn1. The second-order valence-corrected chi connectivity index (χ2v) is 11.2. The summed E-state index contributed by atoms with van der Waals surface area (Å²) in [7, 11) is 0. The van der Waals surface area contributed by atoms with Gasteiger partial charge in [-0.15, -0.1) is 0 Å². The fourth-order valence-electron chi connectivity index (χ4n) is 5.22. The van der Waals surface area contributed by atoms with Gasteiger partial charge in [0.1, 0.15) is 23.3 Å². The Morgan fingerprint density at radius 1 is 0.795 bits per heavy atom. The van der Waals surface area contributed by atoms with Crippen molar-refractivity contribution >= 4 is 28.2 Å². The molecule has 6 aromatic rings. The molecule has 0 spiro atoms. The Labute approximate surface area is 252 Å². The molecule has 0 saturated carbocycles. The van der Waals surface area contributed by atoms with Crippen LogP contribution in [0.1, 0.15) is 39.8 Å². The van der Waals surface area contributed by atoms with Gasteiger partial charge in [0.05, 0.1) is 17.1 Å². The van der Waals surface area contributed by atoms with Gasteiger partial charge in [-0.25, -0.2) is 18.7 Å². The molecule has 4 aromatic heterocycles. The molecule has 222 valence electrons. The Morgan fingerprint density at radius 3 is 2.25 bits per heavy atom. The van der Waals surface area contributed by atoms with Crippen LogP contribution >= 0.6 is 0 Å². The number of nitrogens with two attached hydrogens (primary N) is 1.